The van der Waals surface area contributed by atoms with Crippen molar-refractivity contribution in [1.29, 1.82) is 0 Å². The first-order chi connectivity index (χ1) is 7.20. The number of carbonyl (C=O) groups is 1. The fourth-order valence-electron chi connectivity index (χ4n) is 1.27. The minimum absolute atomic E-state index is 0.0673. The lowest BCUT2D eigenvalue weighted by molar-refractivity contribution is 0.0782. The van der Waals surface area contributed by atoms with E-state index in [0.717, 1.165) is 6.42 Å². The highest BCUT2D eigenvalue weighted by Gasteiger charge is 2.17. The van der Waals surface area contributed by atoms with Crippen LogP contribution in [0, 0.1) is 12.3 Å². The Morgan fingerprint density at radius 2 is 2.47 bits per heavy atom. The number of nitrogens with two attached hydrogens (primary N) is 1. The Morgan fingerprint density at radius 1 is 1.73 bits per heavy atom. The van der Waals surface area contributed by atoms with Crippen LogP contribution in [-0.4, -0.2) is 23.9 Å². The standard InChI is InChI=1S/C11H14N2OS/c1-3-6-13(7-4-2)11(14)10-9(12)5-8-15-10/h1,5,8H,4,6-7,12H2,2H3. The molecule has 1 rings (SSSR count). The third-order valence-electron chi connectivity index (χ3n) is 1.95. The topological polar surface area (TPSA) is 46.3 Å². The lowest BCUT2D eigenvalue weighted by Crippen LogP contribution is -2.31. The first-order valence-corrected chi connectivity index (χ1v) is 5.64. The molecule has 0 saturated carbocycles. The fraction of sp³-hybridized carbons (Fsp3) is 0.364. The number of thiophene rings is 1. The summed E-state index contributed by atoms with van der Waals surface area (Å²) in [5, 5.41) is 1.81. The second-order valence-corrected chi connectivity index (χ2v) is 4.05. The quantitative estimate of drug-likeness (QED) is 0.790. The van der Waals surface area contributed by atoms with Crippen LogP contribution in [0.15, 0.2) is 11.4 Å². The predicted molar refractivity (Wildman–Crippen MR) is 63.8 cm³/mol. The molecule has 15 heavy (non-hydrogen) atoms. The van der Waals surface area contributed by atoms with E-state index in [2.05, 4.69) is 5.92 Å². The molecule has 1 aromatic heterocycles. The molecule has 0 aliphatic heterocycles. The molecule has 0 aromatic carbocycles. The van der Waals surface area contributed by atoms with Crippen LogP contribution >= 0.6 is 11.3 Å². The monoisotopic (exact) mass is 222 g/mol. The molecule has 80 valence electrons. The first kappa shape index (κ1) is 11.6. The van der Waals surface area contributed by atoms with Gasteiger partial charge < -0.3 is 10.6 Å². The van der Waals surface area contributed by atoms with Gasteiger partial charge in [-0.15, -0.1) is 17.8 Å². The molecule has 0 aliphatic carbocycles. The summed E-state index contributed by atoms with van der Waals surface area (Å²) in [4.78, 5) is 14.2. The van der Waals surface area contributed by atoms with Crippen molar-refractivity contribution in [3.63, 3.8) is 0 Å². The number of amides is 1. The lowest BCUT2D eigenvalue weighted by Gasteiger charge is -2.18. The van der Waals surface area contributed by atoms with E-state index in [1.165, 1.54) is 11.3 Å². The Hall–Kier alpha value is -1.47. The van der Waals surface area contributed by atoms with Crippen molar-refractivity contribution in [3.05, 3.63) is 16.3 Å². The number of rotatable bonds is 4. The van der Waals surface area contributed by atoms with E-state index >= 15 is 0 Å². The maximum Gasteiger partial charge on any atom is 0.266 e. The van der Waals surface area contributed by atoms with Crippen molar-refractivity contribution in [3.8, 4) is 12.3 Å². The molecule has 2 N–H and O–H groups in total. The third kappa shape index (κ3) is 2.74. The Labute approximate surface area is 93.9 Å². The van der Waals surface area contributed by atoms with Gasteiger partial charge in [0.05, 0.1) is 12.2 Å². The van der Waals surface area contributed by atoms with E-state index in [4.69, 9.17) is 12.2 Å². The summed E-state index contributed by atoms with van der Waals surface area (Å²) in [5.74, 6) is 2.42. The average molecular weight is 222 g/mol. The molecule has 0 unspecified atom stereocenters. The van der Waals surface area contributed by atoms with Gasteiger partial charge in [0.25, 0.3) is 5.91 Å². The highest BCUT2D eigenvalue weighted by molar-refractivity contribution is 7.12. The molecule has 0 bridgehead atoms. The van der Waals surface area contributed by atoms with Crippen molar-refractivity contribution in [2.45, 2.75) is 13.3 Å². The van der Waals surface area contributed by atoms with Gasteiger partial charge in [0.1, 0.15) is 4.88 Å². The Kier molecular flexibility index (Phi) is 4.19. The van der Waals surface area contributed by atoms with Gasteiger partial charge in [-0.2, -0.15) is 0 Å². The molecule has 0 atom stereocenters. The molecule has 1 heterocycles. The van der Waals surface area contributed by atoms with Crippen molar-refractivity contribution < 1.29 is 4.79 Å². The summed E-state index contributed by atoms with van der Waals surface area (Å²) in [5.41, 5.74) is 6.21. The minimum Gasteiger partial charge on any atom is -0.397 e. The summed E-state index contributed by atoms with van der Waals surface area (Å²) >= 11 is 1.35. The molecule has 0 radical (unpaired) electrons. The summed E-state index contributed by atoms with van der Waals surface area (Å²) in [6, 6.07) is 1.73. The van der Waals surface area contributed by atoms with Crippen molar-refractivity contribution in [2.75, 3.05) is 18.8 Å². The minimum atomic E-state index is -0.0673. The van der Waals surface area contributed by atoms with E-state index in [1.807, 2.05) is 12.3 Å². The highest BCUT2D eigenvalue weighted by atomic mass is 32.1. The highest BCUT2D eigenvalue weighted by Crippen LogP contribution is 2.20. The van der Waals surface area contributed by atoms with Gasteiger partial charge in [0.15, 0.2) is 0 Å². The number of terminal acetylenes is 1. The van der Waals surface area contributed by atoms with Gasteiger partial charge in [0, 0.05) is 6.54 Å². The maximum atomic E-state index is 12.0. The van der Waals surface area contributed by atoms with E-state index in [0.29, 0.717) is 23.7 Å². The zero-order valence-corrected chi connectivity index (χ0v) is 9.51. The van der Waals surface area contributed by atoms with Gasteiger partial charge in [-0.1, -0.05) is 12.8 Å². The Bertz CT molecular complexity index is 378. The van der Waals surface area contributed by atoms with Crippen LogP contribution in [0.4, 0.5) is 5.69 Å². The summed E-state index contributed by atoms with van der Waals surface area (Å²) < 4.78 is 0. The first-order valence-electron chi connectivity index (χ1n) is 4.76. The van der Waals surface area contributed by atoms with Crippen LogP contribution in [0.2, 0.25) is 0 Å². The van der Waals surface area contributed by atoms with Gasteiger partial charge >= 0.3 is 0 Å². The zero-order valence-electron chi connectivity index (χ0n) is 8.69. The van der Waals surface area contributed by atoms with Crippen LogP contribution in [-0.2, 0) is 0 Å². The summed E-state index contributed by atoms with van der Waals surface area (Å²) in [6.07, 6.45) is 6.10. The van der Waals surface area contributed by atoms with Gasteiger partial charge in [0.2, 0.25) is 0 Å². The third-order valence-corrected chi connectivity index (χ3v) is 2.87. The molecule has 0 aliphatic rings. The molecule has 1 aromatic rings. The zero-order chi connectivity index (χ0) is 11.3. The average Bonchev–Trinajstić information content (AvgIpc) is 2.63. The molecule has 3 nitrogen and oxygen atoms in total. The van der Waals surface area contributed by atoms with E-state index in [9.17, 15) is 4.79 Å². The molecule has 0 saturated heterocycles. The van der Waals surface area contributed by atoms with Crippen molar-refractivity contribution >= 4 is 22.9 Å². The number of carbonyl (C=O) groups excluding carboxylic acids is 1. The molecular weight excluding hydrogens is 208 g/mol. The van der Waals surface area contributed by atoms with Crippen molar-refractivity contribution in [1.82, 2.24) is 4.90 Å². The van der Waals surface area contributed by atoms with E-state index in [1.54, 1.807) is 11.0 Å². The fourth-order valence-corrected chi connectivity index (χ4v) is 2.05. The number of nitrogen functional groups attached to an aromatic ring is 1. The van der Waals surface area contributed by atoms with Crippen LogP contribution < -0.4 is 5.73 Å². The van der Waals surface area contributed by atoms with Crippen molar-refractivity contribution in [2.24, 2.45) is 0 Å². The molecule has 4 heteroatoms. The van der Waals surface area contributed by atoms with Gasteiger partial charge in [-0.25, -0.2) is 0 Å². The van der Waals surface area contributed by atoms with Gasteiger partial charge in [-0.05, 0) is 17.9 Å². The predicted octanol–water partition coefficient (Wildman–Crippen LogP) is 1.82. The number of nitrogens with zero attached hydrogens (tertiary/aromatic N) is 1. The smallest absolute Gasteiger partial charge is 0.266 e. The molecule has 1 amide bonds. The molecule has 0 fully saturated rings. The maximum absolute atomic E-state index is 12.0. The number of hydrogen-bond donors (Lipinski definition) is 1. The Morgan fingerprint density at radius 3 is 2.93 bits per heavy atom. The van der Waals surface area contributed by atoms with E-state index < -0.39 is 0 Å². The van der Waals surface area contributed by atoms with Crippen LogP contribution in [0.5, 0.6) is 0 Å². The SMILES string of the molecule is C#CCN(CCC)C(=O)c1sccc1N. The number of hydrogen-bond acceptors (Lipinski definition) is 3. The Balaban J connectivity index is 2.81. The van der Waals surface area contributed by atoms with E-state index in [-0.39, 0.29) is 5.91 Å². The van der Waals surface area contributed by atoms with Crippen LogP contribution in [0.25, 0.3) is 0 Å². The van der Waals surface area contributed by atoms with Crippen LogP contribution in [0.3, 0.4) is 0 Å². The lowest BCUT2D eigenvalue weighted by atomic mass is 10.3. The molecule has 0 spiro atoms. The summed E-state index contributed by atoms with van der Waals surface area (Å²) in [7, 11) is 0. The van der Waals surface area contributed by atoms with Gasteiger partial charge in [-0.3, -0.25) is 4.79 Å². The second-order valence-electron chi connectivity index (χ2n) is 3.14. The second kappa shape index (κ2) is 5.42. The summed E-state index contributed by atoms with van der Waals surface area (Å²) in [6.45, 7) is 3.01. The normalized spacial score (nSPS) is 9.60. The van der Waals surface area contributed by atoms with Crippen LogP contribution in [0.1, 0.15) is 23.0 Å². The largest absolute Gasteiger partial charge is 0.397 e. The molecular formula is C11H14N2OS. The number of anilines is 1.